The number of carbonyl (C=O) groups excluding carboxylic acids is 1. The van der Waals surface area contributed by atoms with Gasteiger partial charge in [0.1, 0.15) is 5.58 Å². The van der Waals surface area contributed by atoms with E-state index >= 15 is 0 Å². The highest BCUT2D eigenvalue weighted by atomic mass is 35.5. The van der Waals surface area contributed by atoms with Gasteiger partial charge in [-0.2, -0.15) is 0 Å². The van der Waals surface area contributed by atoms with E-state index < -0.39 is 0 Å². The molecule has 0 spiro atoms. The molecule has 1 amide bonds. The van der Waals surface area contributed by atoms with Crippen molar-refractivity contribution in [2.24, 2.45) is 0 Å². The number of nitrogens with zero attached hydrogens (tertiary/aromatic N) is 1. The van der Waals surface area contributed by atoms with Crippen LogP contribution in [-0.4, -0.2) is 23.4 Å². The molecule has 1 aromatic heterocycles. The van der Waals surface area contributed by atoms with Gasteiger partial charge in [-0.25, -0.2) is 0 Å². The fourth-order valence-electron chi connectivity index (χ4n) is 3.63. The number of carbonyl (C=O) groups is 1. The Hall–Kier alpha value is -2.26. The quantitative estimate of drug-likeness (QED) is 0.638. The predicted molar refractivity (Wildman–Crippen MR) is 100 cm³/mol. The number of rotatable bonds is 3. The van der Waals surface area contributed by atoms with Gasteiger partial charge in [-0.05, 0) is 55.5 Å². The van der Waals surface area contributed by atoms with E-state index in [1.807, 2.05) is 35.2 Å². The van der Waals surface area contributed by atoms with Crippen molar-refractivity contribution in [2.75, 3.05) is 6.54 Å². The fourth-order valence-corrected chi connectivity index (χ4v) is 3.81. The van der Waals surface area contributed by atoms with Crippen LogP contribution in [0.25, 0.3) is 11.0 Å². The summed E-state index contributed by atoms with van der Waals surface area (Å²) >= 11 is 6.03. The van der Waals surface area contributed by atoms with Crippen LogP contribution in [0.1, 0.15) is 35.4 Å². The number of likely N-dealkylation sites (tertiary alicyclic amines) is 1. The van der Waals surface area contributed by atoms with Crippen molar-refractivity contribution in [3.05, 3.63) is 70.9 Å². The molecule has 128 valence electrons. The van der Waals surface area contributed by atoms with Gasteiger partial charge in [0.05, 0.1) is 0 Å². The third-order valence-corrected chi connectivity index (χ3v) is 5.13. The molecule has 25 heavy (non-hydrogen) atoms. The van der Waals surface area contributed by atoms with Crippen LogP contribution in [0.4, 0.5) is 0 Å². The molecule has 4 rings (SSSR count). The molecule has 2 heterocycles. The van der Waals surface area contributed by atoms with Gasteiger partial charge in [0.15, 0.2) is 5.76 Å². The second-order valence-corrected chi connectivity index (χ2v) is 7.07. The molecule has 0 bridgehead atoms. The lowest BCUT2D eigenvalue weighted by Crippen LogP contribution is -2.44. The summed E-state index contributed by atoms with van der Waals surface area (Å²) in [6.45, 7) is 0.786. The molecule has 1 aliphatic rings. The van der Waals surface area contributed by atoms with Crippen LogP contribution in [-0.2, 0) is 6.42 Å². The number of halogens is 1. The summed E-state index contributed by atoms with van der Waals surface area (Å²) in [6.07, 6.45) is 4.13. The minimum absolute atomic E-state index is 0.0204. The van der Waals surface area contributed by atoms with Crippen molar-refractivity contribution in [3.63, 3.8) is 0 Å². The van der Waals surface area contributed by atoms with E-state index in [1.165, 1.54) is 5.56 Å². The first-order valence-corrected chi connectivity index (χ1v) is 9.12. The largest absolute Gasteiger partial charge is 0.451 e. The number of hydrogen-bond donors (Lipinski definition) is 0. The van der Waals surface area contributed by atoms with Crippen molar-refractivity contribution in [1.29, 1.82) is 0 Å². The monoisotopic (exact) mass is 353 g/mol. The lowest BCUT2D eigenvalue weighted by atomic mass is 9.95. The summed E-state index contributed by atoms with van der Waals surface area (Å²) in [5, 5.41) is 1.51. The standard InChI is InChI=1S/C21H20ClNO2/c22-17-9-10-19-16(13-17)14-20(25-19)21(24)23-11-5-4-8-18(23)12-15-6-2-1-3-7-15/h1-3,6-7,9-10,13-14,18H,4-5,8,11-12H2. The Labute approximate surface area is 152 Å². The first-order chi connectivity index (χ1) is 12.2. The van der Waals surface area contributed by atoms with Crippen molar-refractivity contribution in [1.82, 2.24) is 4.90 Å². The zero-order chi connectivity index (χ0) is 17.2. The van der Waals surface area contributed by atoms with Crippen LogP contribution in [0, 0.1) is 0 Å². The molecule has 0 aliphatic carbocycles. The number of amides is 1. The highest BCUT2D eigenvalue weighted by Crippen LogP contribution is 2.27. The SMILES string of the molecule is O=C(c1cc2cc(Cl)ccc2o1)N1CCCCC1Cc1ccccc1. The van der Waals surface area contributed by atoms with Crippen LogP contribution in [0.5, 0.6) is 0 Å². The molecule has 1 fully saturated rings. The van der Waals surface area contributed by atoms with Crippen molar-refractivity contribution in [2.45, 2.75) is 31.7 Å². The molecule has 3 aromatic rings. The molecule has 1 unspecified atom stereocenters. The number of piperidine rings is 1. The molecule has 3 nitrogen and oxygen atoms in total. The molecule has 0 saturated carbocycles. The van der Waals surface area contributed by atoms with Gasteiger partial charge in [0, 0.05) is 23.0 Å². The normalized spacial score (nSPS) is 17.8. The number of benzene rings is 2. The molecular weight excluding hydrogens is 334 g/mol. The first kappa shape index (κ1) is 16.2. The molecule has 1 aliphatic heterocycles. The van der Waals surface area contributed by atoms with E-state index in [4.69, 9.17) is 16.0 Å². The van der Waals surface area contributed by atoms with E-state index in [0.29, 0.717) is 16.4 Å². The lowest BCUT2D eigenvalue weighted by Gasteiger charge is -2.35. The summed E-state index contributed by atoms with van der Waals surface area (Å²) in [5.41, 5.74) is 1.97. The molecule has 2 aromatic carbocycles. The van der Waals surface area contributed by atoms with E-state index in [0.717, 1.165) is 37.6 Å². The Morgan fingerprint density at radius 2 is 1.96 bits per heavy atom. The first-order valence-electron chi connectivity index (χ1n) is 8.75. The average molecular weight is 354 g/mol. The van der Waals surface area contributed by atoms with E-state index in [2.05, 4.69) is 12.1 Å². The van der Waals surface area contributed by atoms with E-state index in [-0.39, 0.29) is 11.9 Å². The fraction of sp³-hybridized carbons (Fsp3) is 0.286. The molecule has 4 heteroatoms. The molecule has 1 atom stereocenters. The molecule has 1 saturated heterocycles. The zero-order valence-corrected chi connectivity index (χ0v) is 14.7. The Morgan fingerprint density at radius 3 is 2.80 bits per heavy atom. The van der Waals surface area contributed by atoms with Crippen LogP contribution in [0.3, 0.4) is 0 Å². The Bertz CT molecular complexity index is 887. The summed E-state index contributed by atoms with van der Waals surface area (Å²) in [6, 6.07) is 17.8. The van der Waals surface area contributed by atoms with Gasteiger partial charge >= 0.3 is 0 Å². The summed E-state index contributed by atoms with van der Waals surface area (Å²) < 4.78 is 5.79. The maximum Gasteiger partial charge on any atom is 0.289 e. The third kappa shape index (κ3) is 3.42. The highest BCUT2D eigenvalue weighted by molar-refractivity contribution is 6.31. The third-order valence-electron chi connectivity index (χ3n) is 4.89. The van der Waals surface area contributed by atoms with Crippen LogP contribution in [0.2, 0.25) is 5.02 Å². The summed E-state index contributed by atoms with van der Waals surface area (Å²) in [5.74, 6) is 0.380. The van der Waals surface area contributed by atoms with Gasteiger partial charge in [-0.1, -0.05) is 41.9 Å². The van der Waals surface area contributed by atoms with Gasteiger partial charge in [0.2, 0.25) is 0 Å². The van der Waals surface area contributed by atoms with Crippen molar-refractivity contribution in [3.8, 4) is 0 Å². The predicted octanol–water partition coefficient (Wildman–Crippen LogP) is 5.32. The van der Waals surface area contributed by atoms with Gasteiger partial charge in [-0.3, -0.25) is 4.79 Å². The number of furan rings is 1. The van der Waals surface area contributed by atoms with E-state index in [9.17, 15) is 4.79 Å². The van der Waals surface area contributed by atoms with E-state index in [1.54, 1.807) is 12.1 Å². The van der Waals surface area contributed by atoms with Gasteiger partial charge in [0.25, 0.3) is 5.91 Å². The Kier molecular flexibility index (Phi) is 4.50. The Balaban J connectivity index is 1.59. The number of fused-ring (bicyclic) bond motifs is 1. The minimum atomic E-state index is -0.0204. The zero-order valence-electron chi connectivity index (χ0n) is 14.0. The summed E-state index contributed by atoms with van der Waals surface area (Å²) in [4.78, 5) is 15.0. The van der Waals surface area contributed by atoms with Gasteiger partial charge < -0.3 is 9.32 Å². The van der Waals surface area contributed by atoms with Gasteiger partial charge in [-0.15, -0.1) is 0 Å². The van der Waals surface area contributed by atoms with Crippen LogP contribution >= 0.6 is 11.6 Å². The van der Waals surface area contributed by atoms with Crippen LogP contribution in [0.15, 0.2) is 59.0 Å². The molecule has 0 radical (unpaired) electrons. The van der Waals surface area contributed by atoms with Crippen molar-refractivity contribution < 1.29 is 9.21 Å². The smallest absolute Gasteiger partial charge is 0.289 e. The lowest BCUT2D eigenvalue weighted by molar-refractivity contribution is 0.0583. The number of hydrogen-bond acceptors (Lipinski definition) is 2. The summed E-state index contributed by atoms with van der Waals surface area (Å²) in [7, 11) is 0. The Morgan fingerprint density at radius 1 is 1.12 bits per heavy atom. The average Bonchev–Trinajstić information content (AvgIpc) is 3.05. The minimum Gasteiger partial charge on any atom is -0.451 e. The maximum atomic E-state index is 13.1. The molecule has 0 N–H and O–H groups in total. The van der Waals surface area contributed by atoms with Crippen molar-refractivity contribution >= 4 is 28.5 Å². The maximum absolute atomic E-state index is 13.1. The second-order valence-electron chi connectivity index (χ2n) is 6.63. The second kappa shape index (κ2) is 6.93. The van der Waals surface area contributed by atoms with Crippen LogP contribution < -0.4 is 0 Å². The topological polar surface area (TPSA) is 33.5 Å². The molecular formula is C21H20ClNO2. The highest BCUT2D eigenvalue weighted by Gasteiger charge is 2.29.